The lowest BCUT2D eigenvalue weighted by atomic mass is 10.2. The number of carbonyl (C=O) groups is 2. The summed E-state index contributed by atoms with van der Waals surface area (Å²) in [6, 6.07) is 13.7. The number of benzene rings is 2. The quantitative estimate of drug-likeness (QED) is 0.499. The lowest BCUT2D eigenvalue weighted by molar-refractivity contribution is -0.140. The topological polar surface area (TPSA) is 60.7 Å². The molecule has 0 aliphatic heterocycles. The van der Waals surface area contributed by atoms with Gasteiger partial charge in [0.2, 0.25) is 0 Å². The van der Waals surface area contributed by atoms with Crippen molar-refractivity contribution >= 4 is 39.5 Å². The van der Waals surface area contributed by atoms with Crippen molar-refractivity contribution < 1.29 is 18.7 Å². The number of nitrogens with zero attached hydrogens (tertiary/aromatic N) is 2. The zero-order valence-electron chi connectivity index (χ0n) is 14.6. The Morgan fingerprint density at radius 2 is 2.00 bits per heavy atom. The number of halogens is 1. The number of aromatic nitrogens is 1. The molecule has 138 valence electrons. The molecule has 7 heteroatoms. The Balaban J connectivity index is 1.95. The summed E-state index contributed by atoms with van der Waals surface area (Å²) in [7, 11) is 1.32. The molecule has 0 atom stereocenters. The monoisotopic (exact) mass is 384 g/mol. The van der Waals surface area contributed by atoms with Crippen LogP contribution in [0.1, 0.15) is 12.0 Å². The Morgan fingerprint density at radius 1 is 1.22 bits per heavy atom. The fourth-order valence-corrected chi connectivity index (χ4v) is 3.60. The van der Waals surface area contributed by atoms with Gasteiger partial charge in [-0.05, 0) is 29.8 Å². The molecule has 5 nitrogen and oxygen atoms in total. The van der Waals surface area contributed by atoms with Gasteiger partial charge in [-0.2, -0.15) is 4.99 Å². The molecule has 27 heavy (non-hydrogen) atoms. The first kappa shape index (κ1) is 18.7. The number of aryl methyl sites for hydroxylation is 1. The molecule has 3 aromatic rings. The summed E-state index contributed by atoms with van der Waals surface area (Å²) in [6.45, 7) is 0.285. The van der Waals surface area contributed by atoms with Gasteiger partial charge in [-0.1, -0.05) is 41.7 Å². The average molecular weight is 384 g/mol. The van der Waals surface area contributed by atoms with Gasteiger partial charge in [-0.3, -0.25) is 9.59 Å². The van der Waals surface area contributed by atoms with E-state index in [9.17, 15) is 14.0 Å². The second kappa shape index (κ2) is 8.55. The van der Waals surface area contributed by atoms with Crippen LogP contribution < -0.4 is 4.80 Å². The maximum absolute atomic E-state index is 13.5. The minimum Gasteiger partial charge on any atom is -0.469 e. The van der Waals surface area contributed by atoms with Crippen molar-refractivity contribution in [2.45, 2.75) is 13.0 Å². The molecule has 1 heterocycles. The van der Waals surface area contributed by atoms with Crippen LogP contribution in [0.2, 0.25) is 0 Å². The van der Waals surface area contributed by atoms with Gasteiger partial charge in [0, 0.05) is 12.6 Å². The summed E-state index contributed by atoms with van der Waals surface area (Å²) >= 11 is 1.20. The molecule has 0 aliphatic carbocycles. The standard InChI is InChI=1S/C20H17FN2O3S/c1-26-19(25)11-12-23-16-9-8-15(21)13-17(16)27-20(23)22-18(24)10-7-14-5-3-2-4-6-14/h2-10,13H,11-12H2,1H3/b10-7+,22-20?. The van der Waals surface area contributed by atoms with Crippen molar-refractivity contribution in [3.05, 3.63) is 70.8 Å². The maximum Gasteiger partial charge on any atom is 0.307 e. The number of fused-ring (bicyclic) bond motifs is 1. The van der Waals surface area contributed by atoms with Gasteiger partial charge >= 0.3 is 5.97 Å². The average Bonchev–Trinajstić information content (AvgIpc) is 3.01. The van der Waals surface area contributed by atoms with E-state index in [1.54, 1.807) is 16.7 Å². The van der Waals surface area contributed by atoms with Gasteiger partial charge in [0.15, 0.2) is 4.80 Å². The molecule has 0 saturated heterocycles. The molecule has 0 fully saturated rings. The van der Waals surface area contributed by atoms with Crippen molar-refractivity contribution in [2.24, 2.45) is 4.99 Å². The summed E-state index contributed by atoms with van der Waals surface area (Å²) in [5.74, 6) is -1.17. The first-order valence-electron chi connectivity index (χ1n) is 8.24. The van der Waals surface area contributed by atoms with E-state index in [1.165, 1.54) is 36.7 Å². The van der Waals surface area contributed by atoms with Crippen molar-refractivity contribution in [1.82, 2.24) is 4.57 Å². The van der Waals surface area contributed by atoms with Crippen LogP contribution in [-0.2, 0) is 20.9 Å². The van der Waals surface area contributed by atoms with Crippen molar-refractivity contribution in [3.63, 3.8) is 0 Å². The van der Waals surface area contributed by atoms with E-state index in [0.717, 1.165) is 5.56 Å². The number of esters is 1. The van der Waals surface area contributed by atoms with Crippen LogP contribution in [0.4, 0.5) is 4.39 Å². The van der Waals surface area contributed by atoms with E-state index >= 15 is 0 Å². The van der Waals surface area contributed by atoms with E-state index in [0.29, 0.717) is 15.0 Å². The largest absolute Gasteiger partial charge is 0.469 e. The lowest BCUT2D eigenvalue weighted by Gasteiger charge is -2.04. The summed E-state index contributed by atoms with van der Waals surface area (Å²) < 4.78 is 20.6. The highest BCUT2D eigenvalue weighted by atomic mass is 32.1. The molecular weight excluding hydrogens is 367 g/mol. The zero-order chi connectivity index (χ0) is 19.2. The lowest BCUT2D eigenvalue weighted by Crippen LogP contribution is -2.18. The number of carbonyl (C=O) groups excluding carboxylic acids is 2. The molecule has 0 saturated carbocycles. The Hall–Kier alpha value is -3.06. The maximum atomic E-state index is 13.5. The molecule has 3 rings (SSSR count). The Kier molecular flexibility index (Phi) is 5.93. The van der Waals surface area contributed by atoms with Gasteiger partial charge in [-0.25, -0.2) is 4.39 Å². The van der Waals surface area contributed by atoms with E-state index in [1.807, 2.05) is 30.3 Å². The molecule has 0 radical (unpaired) electrons. The third-order valence-corrected chi connectivity index (χ3v) is 4.88. The van der Waals surface area contributed by atoms with Crippen LogP contribution in [-0.4, -0.2) is 23.6 Å². The first-order valence-corrected chi connectivity index (χ1v) is 9.06. The Bertz CT molecular complexity index is 1070. The third kappa shape index (κ3) is 4.77. The van der Waals surface area contributed by atoms with Crippen LogP contribution in [0, 0.1) is 5.82 Å². The van der Waals surface area contributed by atoms with Crippen molar-refractivity contribution in [1.29, 1.82) is 0 Å². The molecule has 1 amide bonds. The van der Waals surface area contributed by atoms with E-state index in [-0.39, 0.29) is 24.8 Å². The minimum absolute atomic E-state index is 0.126. The fraction of sp³-hybridized carbons (Fsp3) is 0.150. The van der Waals surface area contributed by atoms with Gasteiger partial charge in [-0.15, -0.1) is 0 Å². The molecular formula is C20H17FN2O3S. The molecule has 0 N–H and O–H groups in total. The van der Waals surface area contributed by atoms with E-state index in [4.69, 9.17) is 0 Å². The molecule has 0 bridgehead atoms. The molecule has 0 aliphatic rings. The molecule has 0 spiro atoms. The van der Waals surface area contributed by atoms with Crippen LogP contribution in [0.15, 0.2) is 59.6 Å². The first-order chi connectivity index (χ1) is 13.1. The molecule has 0 unspecified atom stereocenters. The smallest absolute Gasteiger partial charge is 0.307 e. The number of rotatable bonds is 5. The zero-order valence-corrected chi connectivity index (χ0v) is 15.4. The highest BCUT2D eigenvalue weighted by Crippen LogP contribution is 2.19. The van der Waals surface area contributed by atoms with E-state index < -0.39 is 5.91 Å². The minimum atomic E-state index is -0.433. The SMILES string of the molecule is COC(=O)CCn1c(=NC(=O)/C=C/c2ccccc2)sc2cc(F)ccc21. The van der Waals surface area contributed by atoms with Crippen LogP contribution in [0.3, 0.4) is 0 Å². The third-order valence-electron chi connectivity index (χ3n) is 3.84. The number of hydrogen-bond donors (Lipinski definition) is 0. The Morgan fingerprint density at radius 3 is 2.74 bits per heavy atom. The van der Waals surface area contributed by atoms with Crippen LogP contribution >= 0.6 is 11.3 Å². The number of ether oxygens (including phenoxy) is 1. The Labute approximate surface area is 159 Å². The van der Waals surface area contributed by atoms with Gasteiger partial charge in [0.1, 0.15) is 5.82 Å². The highest BCUT2D eigenvalue weighted by Gasteiger charge is 2.10. The normalized spacial score (nSPS) is 12.0. The van der Waals surface area contributed by atoms with Gasteiger partial charge in [0.25, 0.3) is 5.91 Å². The second-order valence-electron chi connectivity index (χ2n) is 5.67. The summed E-state index contributed by atoms with van der Waals surface area (Å²) in [4.78, 5) is 28.3. The second-order valence-corrected chi connectivity index (χ2v) is 6.68. The van der Waals surface area contributed by atoms with Crippen molar-refractivity contribution in [3.8, 4) is 0 Å². The molecule has 2 aromatic carbocycles. The van der Waals surface area contributed by atoms with E-state index in [2.05, 4.69) is 9.73 Å². The number of amides is 1. The number of thiazole rings is 1. The number of hydrogen-bond acceptors (Lipinski definition) is 4. The van der Waals surface area contributed by atoms with Crippen LogP contribution in [0.25, 0.3) is 16.3 Å². The highest BCUT2D eigenvalue weighted by molar-refractivity contribution is 7.16. The summed E-state index contributed by atoms with van der Waals surface area (Å²) in [6.07, 6.45) is 3.18. The predicted molar refractivity (Wildman–Crippen MR) is 102 cm³/mol. The van der Waals surface area contributed by atoms with Gasteiger partial charge < -0.3 is 9.30 Å². The van der Waals surface area contributed by atoms with Gasteiger partial charge in [0.05, 0.1) is 23.7 Å². The number of methoxy groups -OCH3 is 1. The van der Waals surface area contributed by atoms with Crippen molar-refractivity contribution in [2.75, 3.05) is 7.11 Å². The fourth-order valence-electron chi connectivity index (χ4n) is 2.52. The van der Waals surface area contributed by atoms with Crippen LogP contribution in [0.5, 0.6) is 0 Å². The summed E-state index contributed by atoms with van der Waals surface area (Å²) in [5, 5.41) is 0. The predicted octanol–water partition coefficient (Wildman–Crippen LogP) is 3.55. The molecule has 1 aromatic heterocycles. The summed E-state index contributed by atoms with van der Waals surface area (Å²) in [5.41, 5.74) is 1.60.